The third-order valence-electron chi connectivity index (χ3n) is 5.19. The molecular weight excluding hydrogens is 240 g/mol. The minimum Gasteiger partial charge on any atom is -0.378 e. The van der Waals surface area contributed by atoms with Crippen LogP contribution in [-0.4, -0.2) is 43.3 Å². The number of hydrogen-bond donors (Lipinski definition) is 1. The van der Waals surface area contributed by atoms with Crippen molar-refractivity contribution in [3.63, 3.8) is 0 Å². The van der Waals surface area contributed by atoms with Crippen LogP contribution >= 0.6 is 0 Å². The molecule has 1 aliphatic heterocycles. The fraction of sp³-hybridized carbons (Fsp3) is 0.933. The molecule has 0 radical (unpaired) electrons. The summed E-state index contributed by atoms with van der Waals surface area (Å²) in [4.78, 5) is 14.1. The van der Waals surface area contributed by atoms with Crippen molar-refractivity contribution >= 4 is 6.03 Å². The predicted octanol–water partition coefficient (Wildman–Crippen LogP) is 2.39. The number of nitrogens with zero attached hydrogens (tertiary/aromatic N) is 1. The number of nitrogens with one attached hydrogen (secondary N) is 1. The quantitative estimate of drug-likeness (QED) is 0.852. The maximum atomic E-state index is 12.2. The highest BCUT2D eigenvalue weighted by molar-refractivity contribution is 5.74. The van der Waals surface area contributed by atoms with Gasteiger partial charge in [-0.2, -0.15) is 0 Å². The molecule has 4 heteroatoms. The fourth-order valence-corrected chi connectivity index (χ4v) is 3.77. The van der Waals surface area contributed by atoms with Gasteiger partial charge in [-0.3, -0.25) is 0 Å². The van der Waals surface area contributed by atoms with E-state index in [-0.39, 0.29) is 6.03 Å². The molecule has 0 aromatic heterocycles. The van der Waals surface area contributed by atoms with Crippen molar-refractivity contribution < 1.29 is 9.53 Å². The first kappa shape index (κ1) is 13.2. The molecule has 3 atom stereocenters. The standard InChI is InChI=1S/C15H26N2O2/c1-17(10-11-4-2-5-11)15(18)16-13-6-3-7-14-12(13)8-9-19-14/h11-14H,2-10H2,1H3,(H,16,18). The summed E-state index contributed by atoms with van der Waals surface area (Å²) < 4.78 is 5.76. The van der Waals surface area contributed by atoms with Gasteiger partial charge in [-0.15, -0.1) is 0 Å². The number of ether oxygens (including phenoxy) is 1. The SMILES string of the molecule is CN(CC1CCC1)C(=O)NC1CCCC2OCCC12. The van der Waals surface area contributed by atoms with Crippen molar-refractivity contribution in [3.05, 3.63) is 0 Å². The van der Waals surface area contributed by atoms with Gasteiger partial charge in [0, 0.05) is 32.2 Å². The Morgan fingerprint density at radius 3 is 2.74 bits per heavy atom. The highest BCUT2D eigenvalue weighted by Crippen LogP contribution is 2.34. The van der Waals surface area contributed by atoms with E-state index in [1.54, 1.807) is 0 Å². The summed E-state index contributed by atoms with van der Waals surface area (Å²) in [6.45, 7) is 1.79. The average Bonchev–Trinajstić information content (AvgIpc) is 2.82. The Hall–Kier alpha value is -0.770. The average molecular weight is 266 g/mol. The predicted molar refractivity (Wildman–Crippen MR) is 74.0 cm³/mol. The first-order valence-corrected chi connectivity index (χ1v) is 7.87. The topological polar surface area (TPSA) is 41.6 Å². The van der Waals surface area contributed by atoms with Gasteiger partial charge in [-0.05, 0) is 44.4 Å². The molecule has 0 aromatic carbocycles. The summed E-state index contributed by atoms with van der Waals surface area (Å²) in [7, 11) is 1.93. The van der Waals surface area contributed by atoms with Gasteiger partial charge in [-0.25, -0.2) is 4.79 Å². The van der Waals surface area contributed by atoms with Crippen LogP contribution in [-0.2, 0) is 4.74 Å². The Labute approximate surface area is 115 Å². The lowest BCUT2D eigenvalue weighted by Crippen LogP contribution is -2.50. The van der Waals surface area contributed by atoms with Crippen molar-refractivity contribution in [3.8, 4) is 0 Å². The van der Waals surface area contributed by atoms with Crippen LogP contribution in [0, 0.1) is 11.8 Å². The highest BCUT2D eigenvalue weighted by Gasteiger charge is 2.38. The molecule has 3 rings (SSSR count). The van der Waals surface area contributed by atoms with Crippen LogP contribution in [0.3, 0.4) is 0 Å². The summed E-state index contributed by atoms with van der Waals surface area (Å²) in [5.74, 6) is 1.29. The van der Waals surface area contributed by atoms with Crippen LogP contribution in [0.25, 0.3) is 0 Å². The normalized spacial score (nSPS) is 34.5. The van der Waals surface area contributed by atoms with Gasteiger partial charge in [0.2, 0.25) is 0 Å². The zero-order valence-corrected chi connectivity index (χ0v) is 11.9. The van der Waals surface area contributed by atoms with Gasteiger partial charge in [-0.1, -0.05) is 6.42 Å². The van der Waals surface area contributed by atoms with Crippen molar-refractivity contribution in [2.75, 3.05) is 20.2 Å². The number of carbonyl (C=O) groups is 1. The van der Waals surface area contributed by atoms with E-state index >= 15 is 0 Å². The highest BCUT2D eigenvalue weighted by atomic mass is 16.5. The summed E-state index contributed by atoms with van der Waals surface area (Å²) in [5.41, 5.74) is 0. The van der Waals surface area contributed by atoms with E-state index in [9.17, 15) is 4.79 Å². The summed E-state index contributed by atoms with van der Waals surface area (Å²) in [6.07, 6.45) is 8.90. The summed E-state index contributed by atoms with van der Waals surface area (Å²) in [6, 6.07) is 0.446. The van der Waals surface area contributed by atoms with Crippen LogP contribution in [0.1, 0.15) is 44.9 Å². The molecule has 4 nitrogen and oxygen atoms in total. The Bertz CT molecular complexity index is 330. The van der Waals surface area contributed by atoms with Gasteiger partial charge in [0.05, 0.1) is 6.10 Å². The molecule has 0 bridgehead atoms. The molecule has 2 aliphatic carbocycles. The maximum absolute atomic E-state index is 12.2. The van der Waals surface area contributed by atoms with E-state index in [4.69, 9.17) is 4.74 Å². The number of urea groups is 1. The molecule has 2 amide bonds. The van der Waals surface area contributed by atoms with E-state index < -0.39 is 0 Å². The first-order chi connectivity index (χ1) is 9.24. The third kappa shape index (κ3) is 2.88. The molecule has 108 valence electrons. The second-order valence-corrected chi connectivity index (χ2v) is 6.53. The Morgan fingerprint density at radius 2 is 2.00 bits per heavy atom. The monoisotopic (exact) mass is 266 g/mol. The lowest BCUT2D eigenvalue weighted by Gasteiger charge is -2.35. The number of rotatable bonds is 3. The lowest BCUT2D eigenvalue weighted by atomic mass is 9.82. The van der Waals surface area contributed by atoms with Crippen LogP contribution in [0.5, 0.6) is 0 Å². The molecule has 19 heavy (non-hydrogen) atoms. The smallest absolute Gasteiger partial charge is 0.317 e. The van der Waals surface area contributed by atoms with Gasteiger partial charge < -0.3 is 15.0 Å². The van der Waals surface area contributed by atoms with Crippen LogP contribution in [0.2, 0.25) is 0 Å². The zero-order valence-electron chi connectivity index (χ0n) is 11.9. The van der Waals surface area contributed by atoms with Gasteiger partial charge in [0.1, 0.15) is 0 Å². The molecule has 3 fully saturated rings. The molecular formula is C15H26N2O2. The van der Waals surface area contributed by atoms with Gasteiger partial charge >= 0.3 is 6.03 Å². The molecule has 2 saturated carbocycles. The van der Waals surface area contributed by atoms with Crippen LogP contribution in [0.15, 0.2) is 0 Å². The lowest BCUT2D eigenvalue weighted by molar-refractivity contribution is 0.0537. The number of carbonyl (C=O) groups excluding carboxylic acids is 1. The molecule has 1 saturated heterocycles. The molecule has 1 N–H and O–H groups in total. The Morgan fingerprint density at radius 1 is 1.21 bits per heavy atom. The van der Waals surface area contributed by atoms with E-state index in [1.165, 1.54) is 32.1 Å². The molecule has 3 unspecified atom stereocenters. The van der Waals surface area contributed by atoms with Crippen molar-refractivity contribution in [2.24, 2.45) is 11.8 Å². The Kier molecular flexibility index (Phi) is 3.96. The van der Waals surface area contributed by atoms with Crippen molar-refractivity contribution in [2.45, 2.75) is 57.1 Å². The summed E-state index contributed by atoms with van der Waals surface area (Å²) >= 11 is 0. The van der Waals surface area contributed by atoms with Crippen molar-refractivity contribution in [1.82, 2.24) is 10.2 Å². The van der Waals surface area contributed by atoms with E-state index in [0.29, 0.717) is 18.1 Å². The molecule has 0 spiro atoms. The van der Waals surface area contributed by atoms with Crippen molar-refractivity contribution in [1.29, 1.82) is 0 Å². The van der Waals surface area contributed by atoms with E-state index in [2.05, 4.69) is 5.32 Å². The molecule has 1 heterocycles. The number of hydrogen-bond acceptors (Lipinski definition) is 2. The minimum absolute atomic E-state index is 0.115. The fourth-order valence-electron chi connectivity index (χ4n) is 3.77. The second kappa shape index (κ2) is 5.70. The van der Waals surface area contributed by atoms with E-state index in [1.807, 2.05) is 11.9 Å². The van der Waals surface area contributed by atoms with E-state index in [0.717, 1.165) is 31.9 Å². The second-order valence-electron chi connectivity index (χ2n) is 6.53. The molecule has 3 aliphatic rings. The number of fused-ring (bicyclic) bond motifs is 1. The zero-order chi connectivity index (χ0) is 13.2. The van der Waals surface area contributed by atoms with Gasteiger partial charge in [0.25, 0.3) is 0 Å². The first-order valence-electron chi connectivity index (χ1n) is 7.87. The minimum atomic E-state index is 0.115. The van der Waals surface area contributed by atoms with Crippen LogP contribution in [0.4, 0.5) is 4.79 Å². The Balaban J connectivity index is 1.50. The molecule has 0 aromatic rings. The van der Waals surface area contributed by atoms with Crippen LogP contribution < -0.4 is 5.32 Å². The summed E-state index contributed by atoms with van der Waals surface area (Å²) in [5, 5.41) is 3.25. The number of amides is 2. The third-order valence-corrected chi connectivity index (χ3v) is 5.19. The van der Waals surface area contributed by atoms with Gasteiger partial charge in [0.15, 0.2) is 0 Å². The maximum Gasteiger partial charge on any atom is 0.317 e. The largest absolute Gasteiger partial charge is 0.378 e.